The Morgan fingerprint density at radius 1 is 1.50 bits per heavy atom. The maximum atomic E-state index is 12.1. The van der Waals surface area contributed by atoms with Crippen LogP contribution in [0.1, 0.15) is 22.8 Å². The summed E-state index contributed by atoms with van der Waals surface area (Å²) in [5.74, 6) is -0.183. The van der Waals surface area contributed by atoms with Crippen LogP contribution in [-0.2, 0) is 6.54 Å². The van der Waals surface area contributed by atoms with E-state index in [9.17, 15) is 14.9 Å². The quantitative estimate of drug-likeness (QED) is 0.661. The van der Waals surface area contributed by atoms with Gasteiger partial charge in [-0.1, -0.05) is 5.10 Å². The van der Waals surface area contributed by atoms with Crippen LogP contribution in [0.5, 0.6) is 0 Å². The summed E-state index contributed by atoms with van der Waals surface area (Å²) in [6, 6.07) is 4.03. The number of nitro benzene ring substituents is 1. The fourth-order valence-electron chi connectivity index (χ4n) is 1.69. The third kappa shape index (κ3) is 2.60. The summed E-state index contributed by atoms with van der Waals surface area (Å²) in [7, 11) is 0. The predicted molar refractivity (Wildman–Crippen MR) is 69.3 cm³/mol. The first kappa shape index (κ1) is 13.6. The first-order valence-electron chi connectivity index (χ1n) is 5.85. The van der Waals surface area contributed by atoms with E-state index in [1.54, 1.807) is 6.92 Å². The van der Waals surface area contributed by atoms with E-state index in [1.165, 1.54) is 22.9 Å². The highest BCUT2D eigenvalue weighted by atomic mass is 16.6. The molecule has 20 heavy (non-hydrogen) atoms. The first-order chi connectivity index (χ1) is 9.52. The van der Waals surface area contributed by atoms with E-state index in [2.05, 4.69) is 20.8 Å². The largest absolute Gasteiger partial charge is 0.289 e. The molecular formula is C11H12N6O3. The van der Waals surface area contributed by atoms with Gasteiger partial charge in [-0.05, 0) is 35.9 Å². The van der Waals surface area contributed by atoms with Crippen LogP contribution in [0.25, 0.3) is 0 Å². The molecule has 0 aliphatic heterocycles. The number of nitrogens with one attached hydrogen (secondary N) is 1. The molecule has 1 aromatic heterocycles. The van der Waals surface area contributed by atoms with Crippen LogP contribution in [0, 0.1) is 17.0 Å². The van der Waals surface area contributed by atoms with Crippen LogP contribution in [-0.4, -0.2) is 31.0 Å². The van der Waals surface area contributed by atoms with Gasteiger partial charge in [0, 0.05) is 24.2 Å². The summed E-state index contributed by atoms with van der Waals surface area (Å²) < 4.78 is 1.43. The van der Waals surface area contributed by atoms with Crippen molar-refractivity contribution in [2.24, 2.45) is 0 Å². The van der Waals surface area contributed by atoms with Gasteiger partial charge >= 0.3 is 0 Å². The average Bonchev–Trinajstić information content (AvgIpc) is 2.85. The normalized spacial score (nSPS) is 10.3. The van der Waals surface area contributed by atoms with Gasteiger partial charge in [0.05, 0.1) is 4.92 Å². The Morgan fingerprint density at radius 2 is 2.25 bits per heavy atom. The molecule has 1 N–H and O–H groups in total. The molecule has 9 heteroatoms. The zero-order chi connectivity index (χ0) is 14.7. The number of carbonyl (C=O) groups excluding carboxylic acids is 1. The maximum absolute atomic E-state index is 12.1. The third-order valence-corrected chi connectivity index (χ3v) is 2.72. The van der Waals surface area contributed by atoms with Crippen molar-refractivity contribution in [3.8, 4) is 0 Å². The molecule has 0 atom stereocenters. The van der Waals surface area contributed by atoms with Crippen molar-refractivity contribution in [3.63, 3.8) is 0 Å². The van der Waals surface area contributed by atoms with Crippen molar-refractivity contribution in [2.75, 3.05) is 5.32 Å². The molecule has 0 saturated carbocycles. The van der Waals surface area contributed by atoms with E-state index < -0.39 is 10.8 Å². The third-order valence-electron chi connectivity index (χ3n) is 2.72. The van der Waals surface area contributed by atoms with Crippen molar-refractivity contribution in [1.29, 1.82) is 0 Å². The number of anilines is 1. The van der Waals surface area contributed by atoms with Crippen molar-refractivity contribution >= 4 is 17.5 Å². The van der Waals surface area contributed by atoms with Gasteiger partial charge < -0.3 is 0 Å². The minimum absolute atomic E-state index is 0.0579. The van der Waals surface area contributed by atoms with Gasteiger partial charge in [-0.3, -0.25) is 20.2 Å². The number of hydrogen-bond acceptors (Lipinski definition) is 6. The lowest BCUT2D eigenvalue weighted by Gasteiger charge is -2.06. The van der Waals surface area contributed by atoms with E-state index in [0.717, 1.165) is 0 Å². The molecule has 0 saturated heterocycles. The van der Waals surface area contributed by atoms with Gasteiger partial charge in [-0.2, -0.15) is 0 Å². The number of carbonyl (C=O) groups is 1. The number of nitro groups is 1. The number of hydrogen-bond donors (Lipinski definition) is 1. The molecule has 0 fully saturated rings. The Morgan fingerprint density at radius 3 is 2.85 bits per heavy atom. The smallest absolute Gasteiger partial charge is 0.269 e. The van der Waals surface area contributed by atoms with Gasteiger partial charge in [0.2, 0.25) is 5.95 Å². The highest BCUT2D eigenvalue weighted by molar-refractivity contribution is 6.04. The Kier molecular flexibility index (Phi) is 3.69. The maximum Gasteiger partial charge on any atom is 0.269 e. The molecule has 104 valence electrons. The Labute approximate surface area is 113 Å². The SMILES string of the molecule is CCn1nnnc1NC(=O)c1ccc([N+](=O)[O-])cc1C. The van der Waals surface area contributed by atoms with E-state index in [-0.39, 0.29) is 11.6 Å². The Balaban J connectivity index is 2.24. The van der Waals surface area contributed by atoms with E-state index >= 15 is 0 Å². The molecule has 0 radical (unpaired) electrons. The van der Waals surface area contributed by atoms with Crippen LogP contribution in [0.2, 0.25) is 0 Å². The van der Waals surface area contributed by atoms with Crippen LogP contribution in [0.4, 0.5) is 11.6 Å². The van der Waals surface area contributed by atoms with Crippen LogP contribution in [0.15, 0.2) is 18.2 Å². The summed E-state index contributed by atoms with van der Waals surface area (Å²) in [4.78, 5) is 22.2. The predicted octanol–water partition coefficient (Wildman–Crippen LogP) is 1.16. The fourth-order valence-corrected chi connectivity index (χ4v) is 1.69. The molecular weight excluding hydrogens is 264 g/mol. The molecule has 1 aromatic carbocycles. The molecule has 0 aliphatic rings. The van der Waals surface area contributed by atoms with Gasteiger partial charge in [0.25, 0.3) is 11.6 Å². The molecule has 1 amide bonds. The number of aryl methyl sites for hydroxylation is 2. The molecule has 0 unspecified atom stereocenters. The first-order valence-corrected chi connectivity index (χ1v) is 5.85. The van der Waals surface area contributed by atoms with E-state index in [0.29, 0.717) is 17.7 Å². The number of aromatic nitrogens is 4. The molecule has 2 aromatic rings. The number of nitrogens with zero attached hydrogens (tertiary/aromatic N) is 5. The summed E-state index contributed by atoms with van der Waals surface area (Å²) in [6.07, 6.45) is 0. The minimum atomic E-state index is -0.508. The molecule has 0 spiro atoms. The second-order valence-corrected chi connectivity index (χ2v) is 4.03. The second kappa shape index (κ2) is 5.43. The monoisotopic (exact) mass is 276 g/mol. The lowest BCUT2D eigenvalue weighted by molar-refractivity contribution is -0.384. The van der Waals surface area contributed by atoms with Gasteiger partial charge in [-0.15, -0.1) is 0 Å². The zero-order valence-corrected chi connectivity index (χ0v) is 10.9. The lowest BCUT2D eigenvalue weighted by atomic mass is 10.1. The van der Waals surface area contributed by atoms with Crippen LogP contribution < -0.4 is 5.32 Å². The molecule has 1 heterocycles. The topological polar surface area (TPSA) is 116 Å². The van der Waals surface area contributed by atoms with Crippen LogP contribution in [0.3, 0.4) is 0 Å². The summed E-state index contributed by atoms with van der Waals surface area (Å²) in [6.45, 7) is 3.98. The van der Waals surface area contributed by atoms with E-state index in [4.69, 9.17) is 0 Å². The van der Waals surface area contributed by atoms with E-state index in [1.807, 2.05) is 6.92 Å². The number of non-ortho nitro benzene ring substituents is 1. The van der Waals surface area contributed by atoms with Crippen molar-refractivity contribution < 1.29 is 9.72 Å². The number of amides is 1. The average molecular weight is 276 g/mol. The molecule has 0 aliphatic carbocycles. The highest BCUT2D eigenvalue weighted by Gasteiger charge is 2.15. The highest BCUT2D eigenvalue weighted by Crippen LogP contribution is 2.18. The summed E-state index contributed by atoms with van der Waals surface area (Å²) in [5, 5.41) is 24.1. The van der Waals surface area contributed by atoms with Gasteiger partial charge in [0.15, 0.2) is 0 Å². The Hall–Kier alpha value is -2.84. The Bertz CT molecular complexity index is 666. The molecule has 2 rings (SSSR count). The number of tetrazole rings is 1. The number of benzene rings is 1. The summed E-state index contributed by atoms with van der Waals surface area (Å²) >= 11 is 0. The van der Waals surface area contributed by atoms with Crippen molar-refractivity contribution in [3.05, 3.63) is 39.4 Å². The molecule has 9 nitrogen and oxygen atoms in total. The zero-order valence-electron chi connectivity index (χ0n) is 10.9. The van der Waals surface area contributed by atoms with Crippen molar-refractivity contribution in [1.82, 2.24) is 20.2 Å². The second-order valence-electron chi connectivity index (χ2n) is 4.03. The van der Waals surface area contributed by atoms with Gasteiger partial charge in [0.1, 0.15) is 0 Å². The number of rotatable bonds is 4. The lowest BCUT2D eigenvalue weighted by Crippen LogP contribution is -2.17. The van der Waals surface area contributed by atoms with Crippen molar-refractivity contribution in [2.45, 2.75) is 20.4 Å². The standard InChI is InChI=1S/C11H12N6O3/c1-3-16-11(13-14-15-16)12-10(18)9-5-4-8(17(19)20)6-7(9)2/h4-6H,3H2,1-2H3,(H,12,13,15,18). The molecule has 0 bridgehead atoms. The minimum Gasteiger partial charge on any atom is -0.289 e. The fraction of sp³-hybridized carbons (Fsp3) is 0.273. The van der Waals surface area contributed by atoms with Crippen LogP contribution >= 0.6 is 0 Å². The summed E-state index contributed by atoms with van der Waals surface area (Å²) in [5.41, 5.74) is 0.783. The van der Waals surface area contributed by atoms with Gasteiger partial charge in [-0.25, -0.2) is 4.68 Å².